The fraction of sp³-hybridized carbons (Fsp3) is 1.00. The molecule has 2 bridgehead atoms. The molecule has 2 fully saturated rings. The Labute approximate surface area is 85.3 Å². The Morgan fingerprint density at radius 3 is 2.77 bits per heavy atom. The molecule has 4 atom stereocenters. The van der Waals surface area contributed by atoms with Gasteiger partial charge in [0.25, 0.3) is 0 Å². The number of hydrogen-bond donors (Lipinski definition) is 1. The van der Waals surface area contributed by atoms with E-state index in [-0.39, 0.29) is 6.10 Å². The lowest BCUT2D eigenvalue weighted by Gasteiger charge is -2.23. The number of aliphatic hydroxyl groups excluding tert-OH is 1. The van der Waals surface area contributed by atoms with Crippen LogP contribution in [0.2, 0.25) is 0 Å². The van der Waals surface area contributed by atoms with Gasteiger partial charge in [-0.3, -0.25) is 0 Å². The van der Waals surface area contributed by atoms with Gasteiger partial charge in [-0.15, -0.1) is 0 Å². The number of rotatable bonds is 4. The molecular weight excluding hydrogens is 180 g/mol. The van der Waals surface area contributed by atoms with Gasteiger partial charge in [-0.05, 0) is 49.7 Å². The molecule has 0 aliphatic heterocycles. The lowest BCUT2D eigenvalue weighted by molar-refractivity contribution is 0.144. The summed E-state index contributed by atoms with van der Waals surface area (Å²) in [6.07, 6.45) is 8.90. The Hall–Kier alpha value is 0.310. The highest BCUT2D eigenvalue weighted by Crippen LogP contribution is 2.49. The van der Waals surface area contributed by atoms with Crippen molar-refractivity contribution < 1.29 is 5.11 Å². The quantitative estimate of drug-likeness (QED) is 0.752. The molecule has 0 heterocycles. The zero-order valence-electron chi connectivity index (χ0n) is 8.41. The third-order valence-electron chi connectivity index (χ3n) is 3.82. The summed E-state index contributed by atoms with van der Waals surface area (Å²) in [5, 5.41) is 9.72. The van der Waals surface area contributed by atoms with E-state index in [0.29, 0.717) is 0 Å². The van der Waals surface area contributed by atoms with Crippen LogP contribution in [-0.2, 0) is 0 Å². The maximum absolute atomic E-state index is 9.72. The van der Waals surface area contributed by atoms with Crippen LogP contribution in [0.25, 0.3) is 0 Å². The van der Waals surface area contributed by atoms with Gasteiger partial charge >= 0.3 is 0 Å². The van der Waals surface area contributed by atoms with Gasteiger partial charge in [-0.25, -0.2) is 0 Å². The van der Waals surface area contributed by atoms with Crippen LogP contribution in [0, 0.1) is 17.8 Å². The minimum absolute atomic E-state index is 0.0423. The van der Waals surface area contributed by atoms with Crippen LogP contribution in [0.5, 0.6) is 0 Å². The fourth-order valence-corrected chi connectivity index (χ4v) is 3.80. The maximum atomic E-state index is 9.72. The highest BCUT2D eigenvalue weighted by atomic mass is 32.2. The molecule has 1 nitrogen and oxygen atoms in total. The molecule has 2 rings (SSSR count). The van der Waals surface area contributed by atoms with E-state index in [1.807, 2.05) is 0 Å². The van der Waals surface area contributed by atoms with Gasteiger partial charge in [-0.1, -0.05) is 6.42 Å². The molecule has 4 unspecified atom stereocenters. The summed E-state index contributed by atoms with van der Waals surface area (Å²) in [6, 6.07) is 0. The van der Waals surface area contributed by atoms with E-state index in [0.717, 1.165) is 29.9 Å². The van der Waals surface area contributed by atoms with Crippen LogP contribution < -0.4 is 0 Å². The topological polar surface area (TPSA) is 20.2 Å². The third kappa shape index (κ3) is 2.21. The predicted octanol–water partition coefficient (Wildman–Crippen LogP) is 2.54. The largest absolute Gasteiger partial charge is 0.392 e. The van der Waals surface area contributed by atoms with Crippen molar-refractivity contribution in [2.75, 3.05) is 12.0 Å². The Kier molecular flexibility index (Phi) is 3.20. The fourth-order valence-electron chi connectivity index (χ4n) is 3.28. The van der Waals surface area contributed by atoms with E-state index in [1.54, 1.807) is 11.8 Å². The highest BCUT2D eigenvalue weighted by Gasteiger charge is 2.39. The van der Waals surface area contributed by atoms with Crippen molar-refractivity contribution in [3.05, 3.63) is 0 Å². The van der Waals surface area contributed by atoms with Crippen molar-refractivity contribution in [2.45, 2.75) is 38.2 Å². The molecule has 0 saturated heterocycles. The van der Waals surface area contributed by atoms with Gasteiger partial charge in [0.2, 0.25) is 0 Å². The van der Waals surface area contributed by atoms with Gasteiger partial charge < -0.3 is 5.11 Å². The van der Waals surface area contributed by atoms with Crippen molar-refractivity contribution in [1.82, 2.24) is 0 Å². The maximum Gasteiger partial charge on any atom is 0.0633 e. The number of hydrogen-bond acceptors (Lipinski definition) is 2. The number of thioether (sulfide) groups is 1. The minimum atomic E-state index is -0.0423. The van der Waals surface area contributed by atoms with Crippen LogP contribution in [0.15, 0.2) is 0 Å². The molecule has 2 aliphatic carbocycles. The first-order valence-corrected chi connectivity index (χ1v) is 6.86. The molecule has 0 aromatic carbocycles. The van der Waals surface area contributed by atoms with Gasteiger partial charge in [-0.2, -0.15) is 11.8 Å². The van der Waals surface area contributed by atoms with Crippen molar-refractivity contribution in [3.8, 4) is 0 Å². The van der Waals surface area contributed by atoms with Crippen LogP contribution in [0.4, 0.5) is 0 Å². The molecule has 2 saturated carbocycles. The highest BCUT2D eigenvalue weighted by molar-refractivity contribution is 7.98. The second-order valence-electron chi connectivity index (χ2n) is 4.78. The first kappa shape index (κ1) is 9.85. The monoisotopic (exact) mass is 200 g/mol. The van der Waals surface area contributed by atoms with Crippen molar-refractivity contribution in [2.24, 2.45) is 17.8 Å². The lowest BCUT2D eigenvalue weighted by atomic mass is 9.85. The minimum Gasteiger partial charge on any atom is -0.392 e. The second-order valence-corrected chi connectivity index (χ2v) is 5.69. The summed E-state index contributed by atoms with van der Waals surface area (Å²) in [6.45, 7) is 0. The van der Waals surface area contributed by atoms with Crippen LogP contribution in [0.1, 0.15) is 32.1 Å². The summed E-state index contributed by atoms with van der Waals surface area (Å²) in [5.41, 5.74) is 0. The van der Waals surface area contributed by atoms with Gasteiger partial charge in [0, 0.05) is 5.75 Å². The molecule has 2 aliphatic rings. The van der Waals surface area contributed by atoms with E-state index < -0.39 is 0 Å². The Morgan fingerprint density at radius 2 is 2.23 bits per heavy atom. The molecule has 76 valence electrons. The van der Waals surface area contributed by atoms with Crippen molar-refractivity contribution in [3.63, 3.8) is 0 Å². The smallest absolute Gasteiger partial charge is 0.0633 e. The lowest BCUT2D eigenvalue weighted by Crippen LogP contribution is -2.20. The molecule has 0 aromatic rings. The summed E-state index contributed by atoms with van der Waals surface area (Å²) in [5.74, 6) is 3.78. The molecule has 0 aromatic heterocycles. The van der Waals surface area contributed by atoms with Gasteiger partial charge in [0.05, 0.1) is 6.10 Å². The molecule has 0 radical (unpaired) electrons. The number of aliphatic hydroxyl groups is 1. The molecule has 0 spiro atoms. The summed E-state index contributed by atoms with van der Waals surface area (Å²) in [4.78, 5) is 0. The SMILES string of the molecule is CSCC(O)CC1CC2CCC1C2. The molecule has 2 heteroatoms. The zero-order valence-corrected chi connectivity index (χ0v) is 9.22. The normalized spacial score (nSPS) is 39.7. The third-order valence-corrected chi connectivity index (χ3v) is 4.54. The molecule has 13 heavy (non-hydrogen) atoms. The van der Waals surface area contributed by atoms with E-state index in [9.17, 15) is 5.11 Å². The Bertz CT molecular complexity index is 171. The van der Waals surface area contributed by atoms with E-state index in [1.165, 1.54) is 25.7 Å². The number of fused-ring (bicyclic) bond motifs is 2. The van der Waals surface area contributed by atoms with Crippen LogP contribution in [-0.4, -0.2) is 23.2 Å². The van der Waals surface area contributed by atoms with Crippen molar-refractivity contribution in [1.29, 1.82) is 0 Å². The van der Waals surface area contributed by atoms with E-state index in [4.69, 9.17) is 0 Å². The van der Waals surface area contributed by atoms with Gasteiger partial charge in [0.15, 0.2) is 0 Å². The average molecular weight is 200 g/mol. The molecule has 1 N–H and O–H groups in total. The van der Waals surface area contributed by atoms with Crippen LogP contribution in [0.3, 0.4) is 0 Å². The average Bonchev–Trinajstić information content (AvgIpc) is 2.65. The summed E-state index contributed by atoms with van der Waals surface area (Å²) >= 11 is 1.76. The van der Waals surface area contributed by atoms with Gasteiger partial charge in [0.1, 0.15) is 0 Å². The standard InChI is InChI=1S/C11H20OS/c1-13-7-11(12)6-10-5-8-2-3-9(10)4-8/h8-12H,2-7H2,1H3. The molecular formula is C11H20OS. The van der Waals surface area contributed by atoms with Crippen LogP contribution >= 0.6 is 11.8 Å². The molecule has 0 amide bonds. The predicted molar refractivity (Wildman–Crippen MR) is 57.9 cm³/mol. The second kappa shape index (κ2) is 4.22. The Balaban J connectivity index is 1.76. The zero-order chi connectivity index (χ0) is 9.26. The summed E-state index contributed by atoms with van der Waals surface area (Å²) < 4.78 is 0. The van der Waals surface area contributed by atoms with E-state index in [2.05, 4.69) is 6.26 Å². The first-order chi connectivity index (χ1) is 6.29. The summed E-state index contributed by atoms with van der Waals surface area (Å²) in [7, 11) is 0. The van der Waals surface area contributed by atoms with Crippen molar-refractivity contribution >= 4 is 11.8 Å². The first-order valence-electron chi connectivity index (χ1n) is 5.46. The Morgan fingerprint density at radius 1 is 1.38 bits per heavy atom. The van der Waals surface area contributed by atoms with E-state index >= 15 is 0 Å².